The number of oxime groups is 1. The molecule has 0 bridgehead atoms. The van der Waals surface area contributed by atoms with E-state index in [1.54, 1.807) is 0 Å². The fraction of sp³-hybridized carbons (Fsp3) is 0.500. The third-order valence-corrected chi connectivity index (χ3v) is 4.32. The molecular weight excluding hydrogens is 306 g/mol. The van der Waals surface area contributed by atoms with E-state index >= 15 is 0 Å². The Bertz CT molecular complexity index is 454. The number of hydrogen-bond acceptors (Lipinski definition) is 3. The van der Waals surface area contributed by atoms with E-state index < -0.39 is 0 Å². The van der Waals surface area contributed by atoms with Crippen LogP contribution in [0.1, 0.15) is 37.8 Å². The fourth-order valence-corrected chi connectivity index (χ4v) is 2.52. The molecule has 4 nitrogen and oxygen atoms in total. The van der Waals surface area contributed by atoms with Gasteiger partial charge in [0.2, 0.25) is 0 Å². The van der Waals surface area contributed by atoms with E-state index in [2.05, 4.69) is 57.6 Å². The minimum Gasteiger partial charge on any atom is -0.409 e. The molecule has 1 aliphatic rings. The summed E-state index contributed by atoms with van der Waals surface area (Å²) in [5.74, 6) is 0.329. The average molecular weight is 326 g/mol. The summed E-state index contributed by atoms with van der Waals surface area (Å²) in [6, 6.07) is 8.64. The molecule has 2 rings (SSSR count). The van der Waals surface area contributed by atoms with Crippen LogP contribution in [0.4, 0.5) is 0 Å². The van der Waals surface area contributed by atoms with Crippen molar-refractivity contribution in [2.24, 2.45) is 16.3 Å². The molecular formula is C14H20BrN3O. The SMILES string of the molecule is C[C@@H](NCC1(C/C(N)=N/O)CC1)c1ccc(Br)cc1. The Labute approximate surface area is 122 Å². The van der Waals surface area contributed by atoms with E-state index in [0.717, 1.165) is 23.9 Å². The van der Waals surface area contributed by atoms with Crippen molar-refractivity contribution in [3.8, 4) is 0 Å². The molecule has 1 aromatic rings. The van der Waals surface area contributed by atoms with Gasteiger partial charge >= 0.3 is 0 Å². The number of rotatable bonds is 6. The molecule has 19 heavy (non-hydrogen) atoms. The van der Waals surface area contributed by atoms with Gasteiger partial charge in [-0.1, -0.05) is 33.2 Å². The van der Waals surface area contributed by atoms with Gasteiger partial charge in [0.25, 0.3) is 0 Å². The van der Waals surface area contributed by atoms with Gasteiger partial charge in [0, 0.05) is 23.5 Å². The molecule has 0 unspecified atom stereocenters. The van der Waals surface area contributed by atoms with Gasteiger partial charge in [0.15, 0.2) is 0 Å². The van der Waals surface area contributed by atoms with Crippen molar-refractivity contribution in [1.82, 2.24) is 5.32 Å². The zero-order valence-corrected chi connectivity index (χ0v) is 12.7. The Morgan fingerprint density at radius 2 is 2.11 bits per heavy atom. The van der Waals surface area contributed by atoms with E-state index in [-0.39, 0.29) is 5.41 Å². The van der Waals surface area contributed by atoms with Crippen LogP contribution in [0.5, 0.6) is 0 Å². The molecule has 0 aliphatic heterocycles. The largest absolute Gasteiger partial charge is 0.409 e. The molecule has 1 fully saturated rings. The minimum atomic E-state index is 0.194. The predicted octanol–water partition coefficient (Wildman–Crippen LogP) is 3.02. The van der Waals surface area contributed by atoms with Gasteiger partial charge in [-0.05, 0) is 42.9 Å². The number of halogens is 1. The third-order valence-electron chi connectivity index (χ3n) is 3.79. The topological polar surface area (TPSA) is 70.6 Å². The highest BCUT2D eigenvalue weighted by Gasteiger charge is 2.43. The van der Waals surface area contributed by atoms with Crippen molar-refractivity contribution < 1.29 is 5.21 Å². The molecule has 0 heterocycles. The van der Waals surface area contributed by atoms with Crippen molar-refractivity contribution in [2.45, 2.75) is 32.2 Å². The van der Waals surface area contributed by atoms with Crippen LogP contribution in [-0.2, 0) is 0 Å². The first-order chi connectivity index (χ1) is 9.04. The molecule has 1 atom stereocenters. The van der Waals surface area contributed by atoms with Gasteiger partial charge < -0.3 is 16.3 Å². The van der Waals surface area contributed by atoms with Crippen LogP contribution < -0.4 is 11.1 Å². The van der Waals surface area contributed by atoms with Crippen molar-refractivity contribution in [3.05, 3.63) is 34.3 Å². The molecule has 0 spiro atoms. The summed E-state index contributed by atoms with van der Waals surface area (Å²) in [5.41, 5.74) is 7.06. The number of hydrogen-bond donors (Lipinski definition) is 3. The standard InChI is InChI=1S/C14H20BrN3O/c1-10(11-2-4-12(15)5-3-11)17-9-14(6-7-14)8-13(16)18-19/h2-5,10,17,19H,6-9H2,1H3,(H2,16,18)/t10-/m1/s1. The zero-order chi connectivity index (χ0) is 13.9. The van der Waals surface area contributed by atoms with Gasteiger partial charge in [-0.25, -0.2) is 0 Å². The Morgan fingerprint density at radius 1 is 1.47 bits per heavy atom. The van der Waals surface area contributed by atoms with Crippen molar-refractivity contribution >= 4 is 21.8 Å². The van der Waals surface area contributed by atoms with Crippen molar-refractivity contribution in [3.63, 3.8) is 0 Å². The minimum absolute atomic E-state index is 0.194. The highest BCUT2D eigenvalue weighted by molar-refractivity contribution is 9.10. The zero-order valence-electron chi connectivity index (χ0n) is 11.1. The van der Waals surface area contributed by atoms with E-state index in [1.807, 2.05) is 0 Å². The van der Waals surface area contributed by atoms with Crippen LogP contribution in [0.15, 0.2) is 33.9 Å². The van der Waals surface area contributed by atoms with Crippen LogP contribution in [0.3, 0.4) is 0 Å². The maximum Gasteiger partial charge on any atom is 0.139 e. The lowest BCUT2D eigenvalue weighted by Gasteiger charge is -2.20. The lowest BCUT2D eigenvalue weighted by molar-refractivity contribution is 0.313. The highest BCUT2D eigenvalue weighted by Crippen LogP contribution is 2.48. The monoisotopic (exact) mass is 325 g/mol. The Hall–Kier alpha value is -1.07. The lowest BCUT2D eigenvalue weighted by Crippen LogP contribution is -2.30. The number of benzene rings is 1. The number of nitrogens with zero attached hydrogens (tertiary/aromatic N) is 1. The number of nitrogens with one attached hydrogen (secondary N) is 1. The lowest BCUT2D eigenvalue weighted by atomic mass is 10.0. The molecule has 5 heteroatoms. The summed E-state index contributed by atoms with van der Waals surface area (Å²) < 4.78 is 1.09. The second-order valence-electron chi connectivity index (χ2n) is 5.42. The van der Waals surface area contributed by atoms with Crippen LogP contribution in [-0.4, -0.2) is 17.6 Å². The number of nitrogens with two attached hydrogens (primary N) is 1. The quantitative estimate of drug-likeness (QED) is 0.326. The van der Waals surface area contributed by atoms with Crippen LogP contribution in [0, 0.1) is 5.41 Å². The van der Waals surface area contributed by atoms with Gasteiger partial charge in [-0.15, -0.1) is 0 Å². The summed E-state index contributed by atoms with van der Waals surface area (Å²) in [6.07, 6.45) is 2.95. The number of amidine groups is 1. The Balaban J connectivity index is 1.87. The Kier molecular flexibility index (Phi) is 4.47. The van der Waals surface area contributed by atoms with Gasteiger partial charge in [0.1, 0.15) is 5.84 Å². The molecule has 0 saturated heterocycles. The molecule has 0 aromatic heterocycles. The second-order valence-corrected chi connectivity index (χ2v) is 6.34. The summed E-state index contributed by atoms with van der Waals surface area (Å²) in [5, 5.41) is 15.3. The van der Waals surface area contributed by atoms with Crippen LogP contribution in [0.2, 0.25) is 0 Å². The third kappa shape index (κ3) is 3.94. The normalized spacial score (nSPS) is 19.2. The van der Waals surface area contributed by atoms with Crippen LogP contribution in [0.25, 0.3) is 0 Å². The first kappa shape index (κ1) is 14.3. The first-order valence-electron chi connectivity index (χ1n) is 6.50. The molecule has 4 N–H and O–H groups in total. The molecule has 1 saturated carbocycles. The second kappa shape index (κ2) is 5.92. The van der Waals surface area contributed by atoms with E-state index in [0.29, 0.717) is 18.3 Å². The summed E-state index contributed by atoms with van der Waals surface area (Å²) >= 11 is 3.44. The van der Waals surface area contributed by atoms with Crippen molar-refractivity contribution in [2.75, 3.05) is 6.54 Å². The highest BCUT2D eigenvalue weighted by atomic mass is 79.9. The van der Waals surface area contributed by atoms with E-state index in [9.17, 15) is 0 Å². The van der Waals surface area contributed by atoms with E-state index in [1.165, 1.54) is 5.56 Å². The maximum atomic E-state index is 8.65. The molecule has 1 aromatic carbocycles. The van der Waals surface area contributed by atoms with Gasteiger partial charge in [-0.2, -0.15) is 0 Å². The van der Waals surface area contributed by atoms with Gasteiger partial charge in [0.05, 0.1) is 0 Å². The molecule has 104 valence electrons. The van der Waals surface area contributed by atoms with E-state index in [4.69, 9.17) is 10.9 Å². The summed E-state index contributed by atoms with van der Waals surface area (Å²) in [6.45, 7) is 3.06. The van der Waals surface area contributed by atoms with Crippen molar-refractivity contribution in [1.29, 1.82) is 0 Å². The molecule has 0 radical (unpaired) electrons. The summed E-state index contributed by atoms with van der Waals surface area (Å²) in [7, 11) is 0. The van der Waals surface area contributed by atoms with Gasteiger partial charge in [-0.3, -0.25) is 0 Å². The summed E-state index contributed by atoms with van der Waals surface area (Å²) in [4.78, 5) is 0. The van der Waals surface area contributed by atoms with Crippen LogP contribution >= 0.6 is 15.9 Å². The molecule has 0 amide bonds. The first-order valence-corrected chi connectivity index (χ1v) is 7.29. The predicted molar refractivity (Wildman–Crippen MR) is 80.3 cm³/mol. The smallest absolute Gasteiger partial charge is 0.139 e. The fourth-order valence-electron chi connectivity index (χ4n) is 2.25. The Morgan fingerprint density at radius 3 is 2.63 bits per heavy atom. The maximum absolute atomic E-state index is 8.65. The molecule has 1 aliphatic carbocycles. The average Bonchev–Trinajstić information content (AvgIpc) is 3.17.